The molecule has 2 aliphatic heterocycles. The van der Waals surface area contributed by atoms with Gasteiger partial charge in [-0.05, 0) is 12.2 Å². The zero-order valence-electron chi connectivity index (χ0n) is 8.05. The smallest absolute Gasteiger partial charge is 0.163 e. The SMILES string of the molecule is CCCCSC1=NC=NC2=NC=NC21. The Morgan fingerprint density at radius 1 is 1.36 bits per heavy atom. The molecule has 2 rings (SSSR count). The van der Waals surface area contributed by atoms with Crippen LogP contribution >= 0.6 is 11.8 Å². The second-order valence-corrected chi connectivity index (χ2v) is 4.18. The number of unbranched alkanes of at least 4 members (excludes halogenated alkanes) is 1. The van der Waals surface area contributed by atoms with E-state index in [1.165, 1.54) is 12.8 Å². The van der Waals surface area contributed by atoms with Crippen LogP contribution in [0.25, 0.3) is 0 Å². The van der Waals surface area contributed by atoms with Crippen LogP contribution in [0.15, 0.2) is 20.0 Å². The highest BCUT2D eigenvalue weighted by Crippen LogP contribution is 2.18. The minimum atomic E-state index is -0.0122. The lowest BCUT2D eigenvalue weighted by Gasteiger charge is -2.12. The number of hydrogen-bond acceptors (Lipinski definition) is 5. The first-order valence-corrected chi connectivity index (χ1v) is 5.72. The van der Waals surface area contributed by atoms with Crippen molar-refractivity contribution < 1.29 is 0 Å². The highest BCUT2D eigenvalue weighted by molar-refractivity contribution is 8.14. The van der Waals surface area contributed by atoms with Gasteiger partial charge < -0.3 is 0 Å². The topological polar surface area (TPSA) is 49.4 Å². The number of rotatable bonds is 3. The third-order valence-electron chi connectivity index (χ3n) is 2.01. The van der Waals surface area contributed by atoms with E-state index in [1.54, 1.807) is 24.4 Å². The molecule has 0 aliphatic carbocycles. The first kappa shape index (κ1) is 9.58. The van der Waals surface area contributed by atoms with E-state index in [-0.39, 0.29) is 6.04 Å². The van der Waals surface area contributed by atoms with E-state index in [4.69, 9.17) is 0 Å². The molecule has 0 fully saturated rings. The molecular weight excluding hydrogens is 196 g/mol. The van der Waals surface area contributed by atoms with Gasteiger partial charge in [0, 0.05) is 0 Å². The van der Waals surface area contributed by atoms with Gasteiger partial charge in [0.05, 0.1) is 0 Å². The summed E-state index contributed by atoms with van der Waals surface area (Å²) < 4.78 is 0. The molecule has 0 aromatic heterocycles. The lowest BCUT2D eigenvalue weighted by atomic mass is 10.3. The molecule has 4 nitrogen and oxygen atoms in total. The number of nitrogens with zero attached hydrogens (tertiary/aromatic N) is 4. The number of fused-ring (bicyclic) bond motifs is 1. The maximum Gasteiger partial charge on any atom is 0.163 e. The van der Waals surface area contributed by atoms with Gasteiger partial charge in [-0.25, -0.2) is 15.0 Å². The highest BCUT2D eigenvalue weighted by atomic mass is 32.2. The van der Waals surface area contributed by atoms with Crippen molar-refractivity contribution in [3.8, 4) is 0 Å². The van der Waals surface area contributed by atoms with Crippen molar-refractivity contribution in [2.24, 2.45) is 20.0 Å². The molecule has 1 atom stereocenters. The third kappa shape index (κ3) is 1.92. The summed E-state index contributed by atoms with van der Waals surface area (Å²) in [5.41, 5.74) is 0. The lowest BCUT2D eigenvalue weighted by Crippen LogP contribution is -2.25. The molecule has 0 radical (unpaired) electrons. The van der Waals surface area contributed by atoms with Crippen molar-refractivity contribution in [3.63, 3.8) is 0 Å². The minimum absolute atomic E-state index is 0.0122. The summed E-state index contributed by atoms with van der Waals surface area (Å²) in [6.07, 6.45) is 5.56. The van der Waals surface area contributed by atoms with Crippen molar-refractivity contribution in [3.05, 3.63) is 0 Å². The monoisotopic (exact) mass is 208 g/mol. The van der Waals surface area contributed by atoms with Gasteiger partial charge in [0.25, 0.3) is 0 Å². The molecule has 0 aromatic rings. The Labute approximate surface area is 87.4 Å². The van der Waals surface area contributed by atoms with Gasteiger partial charge in [0.2, 0.25) is 0 Å². The molecule has 2 heterocycles. The Bertz CT molecular complexity index is 330. The van der Waals surface area contributed by atoms with E-state index >= 15 is 0 Å². The lowest BCUT2D eigenvalue weighted by molar-refractivity contribution is 0.898. The van der Waals surface area contributed by atoms with Gasteiger partial charge in [0.1, 0.15) is 17.7 Å². The fraction of sp³-hybridized carbons (Fsp3) is 0.556. The Hall–Kier alpha value is -0.970. The van der Waals surface area contributed by atoms with E-state index in [1.807, 2.05) is 0 Å². The Kier molecular flexibility index (Phi) is 3.08. The highest BCUT2D eigenvalue weighted by Gasteiger charge is 2.25. The maximum absolute atomic E-state index is 4.24. The summed E-state index contributed by atoms with van der Waals surface area (Å²) >= 11 is 1.76. The van der Waals surface area contributed by atoms with Gasteiger partial charge in [-0.15, -0.1) is 11.8 Å². The van der Waals surface area contributed by atoms with E-state index in [0.29, 0.717) is 0 Å². The number of hydrogen-bond donors (Lipinski definition) is 0. The van der Waals surface area contributed by atoms with Crippen molar-refractivity contribution in [1.29, 1.82) is 0 Å². The molecule has 0 aromatic carbocycles. The van der Waals surface area contributed by atoms with Crippen LogP contribution in [0, 0.1) is 0 Å². The average molecular weight is 208 g/mol. The van der Waals surface area contributed by atoms with Gasteiger partial charge >= 0.3 is 0 Å². The molecule has 5 heteroatoms. The van der Waals surface area contributed by atoms with Gasteiger partial charge in [-0.1, -0.05) is 13.3 Å². The van der Waals surface area contributed by atoms with Gasteiger partial charge in [-0.2, -0.15) is 0 Å². The van der Waals surface area contributed by atoms with E-state index in [2.05, 4.69) is 26.9 Å². The second kappa shape index (κ2) is 4.50. The summed E-state index contributed by atoms with van der Waals surface area (Å²) in [6.45, 7) is 2.19. The van der Waals surface area contributed by atoms with Crippen LogP contribution in [0.5, 0.6) is 0 Å². The normalized spacial score (nSPS) is 23.4. The predicted molar refractivity (Wildman–Crippen MR) is 63.0 cm³/mol. The average Bonchev–Trinajstić information content (AvgIpc) is 2.67. The molecule has 74 valence electrons. The molecule has 0 saturated carbocycles. The van der Waals surface area contributed by atoms with Crippen LogP contribution in [0.3, 0.4) is 0 Å². The predicted octanol–water partition coefficient (Wildman–Crippen LogP) is 1.77. The molecular formula is C9H12N4S. The number of amidine groups is 1. The van der Waals surface area contributed by atoms with Crippen molar-refractivity contribution in [2.45, 2.75) is 25.8 Å². The van der Waals surface area contributed by atoms with Crippen molar-refractivity contribution >= 4 is 35.3 Å². The van der Waals surface area contributed by atoms with E-state index < -0.39 is 0 Å². The molecule has 14 heavy (non-hydrogen) atoms. The molecule has 0 bridgehead atoms. The first-order chi connectivity index (χ1) is 6.92. The number of aliphatic imine (C=N–C) groups is 4. The van der Waals surface area contributed by atoms with Crippen LogP contribution in [-0.4, -0.2) is 35.4 Å². The zero-order valence-corrected chi connectivity index (χ0v) is 8.87. The summed E-state index contributed by atoms with van der Waals surface area (Å²) in [4.78, 5) is 16.6. The molecule has 0 N–H and O–H groups in total. The number of thioether (sulfide) groups is 1. The largest absolute Gasteiger partial charge is 0.255 e. The quantitative estimate of drug-likeness (QED) is 0.652. The summed E-state index contributed by atoms with van der Waals surface area (Å²) in [5.74, 6) is 1.88. The second-order valence-electron chi connectivity index (χ2n) is 3.07. The Balaban J connectivity index is 1.97. The van der Waals surface area contributed by atoms with Crippen LogP contribution in [0.4, 0.5) is 0 Å². The summed E-state index contributed by atoms with van der Waals surface area (Å²) in [6, 6.07) is -0.0122. The standard InChI is InChI=1S/C9H12N4S/c1-2-3-4-14-9-7-8(11-5-10-7)12-6-13-9/h5-7H,2-4H2,1H3. The molecule has 2 aliphatic rings. The fourth-order valence-corrected chi connectivity index (χ4v) is 2.32. The third-order valence-corrected chi connectivity index (χ3v) is 3.12. The molecule has 0 amide bonds. The zero-order chi connectivity index (χ0) is 9.80. The Morgan fingerprint density at radius 3 is 3.14 bits per heavy atom. The summed E-state index contributed by atoms with van der Waals surface area (Å²) in [5, 5.41) is 1.03. The molecule has 0 saturated heterocycles. The van der Waals surface area contributed by atoms with Gasteiger partial charge in [0.15, 0.2) is 11.9 Å². The van der Waals surface area contributed by atoms with Gasteiger partial charge in [-0.3, -0.25) is 4.99 Å². The fourth-order valence-electron chi connectivity index (χ4n) is 1.23. The Morgan fingerprint density at radius 2 is 2.29 bits per heavy atom. The van der Waals surface area contributed by atoms with Crippen LogP contribution < -0.4 is 0 Å². The van der Waals surface area contributed by atoms with Crippen LogP contribution in [0.1, 0.15) is 19.8 Å². The minimum Gasteiger partial charge on any atom is -0.255 e. The van der Waals surface area contributed by atoms with Crippen molar-refractivity contribution in [1.82, 2.24) is 0 Å². The van der Waals surface area contributed by atoms with Crippen LogP contribution in [0.2, 0.25) is 0 Å². The maximum atomic E-state index is 4.24. The first-order valence-electron chi connectivity index (χ1n) is 4.74. The molecule has 0 spiro atoms. The molecule has 1 unspecified atom stereocenters. The summed E-state index contributed by atoms with van der Waals surface area (Å²) in [7, 11) is 0. The van der Waals surface area contributed by atoms with Crippen molar-refractivity contribution in [2.75, 3.05) is 5.75 Å². The van der Waals surface area contributed by atoms with E-state index in [0.717, 1.165) is 16.6 Å². The van der Waals surface area contributed by atoms with Crippen LogP contribution in [-0.2, 0) is 0 Å². The van der Waals surface area contributed by atoms with E-state index in [9.17, 15) is 0 Å².